The van der Waals surface area contributed by atoms with Crippen molar-refractivity contribution >= 4 is 12.0 Å². The normalized spacial score (nSPS) is 15.6. The van der Waals surface area contributed by atoms with Crippen molar-refractivity contribution in [2.24, 2.45) is 0 Å². The van der Waals surface area contributed by atoms with Gasteiger partial charge in [0.05, 0.1) is 13.8 Å². The number of rotatable bonds is 9. The van der Waals surface area contributed by atoms with Crippen molar-refractivity contribution in [1.82, 2.24) is 15.1 Å². The maximum atomic E-state index is 12.0. The van der Waals surface area contributed by atoms with Crippen molar-refractivity contribution in [3.63, 3.8) is 0 Å². The third kappa shape index (κ3) is 7.12. The van der Waals surface area contributed by atoms with Crippen molar-refractivity contribution in [2.75, 3.05) is 53.1 Å². The monoisotopic (exact) mass is 380 g/mol. The third-order valence-corrected chi connectivity index (χ3v) is 4.18. The minimum absolute atomic E-state index is 0.0446. The molecule has 0 bridgehead atoms. The Hall–Kier alpha value is -2.85. The summed E-state index contributed by atoms with van der Waals surface area (Å²) >= 11 is 0. The van der Waals surface area contributed by atoms with E-state index in [1.807, 2.05) is 0 Å². The molecule has 0 aliphatic carbocycles. The Morgan fingerprint density at radius 1 is 1.33 bits per heavy atom. The van der Waals surface area contributed by atoms with E-state index in [-0.39, 0.29) is 18.3 Å². The largest absolute Gasteiger partial charge is 0.504 e. The molecule has 1 aliphatic heterocycles. The second-order valence-electron chi connectivity index (χ2n) is 5.98. The van der Waals surface area contributed by atoms with Gasteiger partial charge in [0.15, 0.2) is 11.5 Å². The summed E-state index contributed by atoms with van der Waals surface area (Å²) in [4.78, 5) is 30.6. The van der Waals surface area contributed by atoms with E-state index in [2.05, 4.69) is 20.0 Å². The second-order valence-corrected chi connectivity index (χ2v) is 5.98. The number of benzene rings is 1. The number of hydrogen-bond acceptors (Lipinski definition) is 8. The van der Waals surface area contributed by atoms with Crippen LogP contribution in [0.1, 0.15) is 5.56 Å². The molecule has 1 aromatic rings. The molecule has 0 aromatic heterocycles. The van der Waals surface area contributed by atoms with Gasteiger partial charge in [0.2, 0.25) is 5.91 Å². The first kappa shape index (κ1) is 20.5. The maximum absolute atomic E-state index is 12.0. The number of methoxy groups -OCH3 is 1. The molecule has 1 aliphatic rings. The van der Waals surface area contributed by atoms with Crippen LogP contribution in [0.2, 0.25) is 0 Å². The number of phenols is 1. The lowest BCUT2D eigenvalue weighted by Gasteiger charge is -2.34. The fourth-order valence-corrected chi connectivity index (χ4v) is 2.63. The highest BCUT2D eigenvalue weighted by molar-refractivity contribution is 5.91. The van der Waals surface area contributed by atoms with E-state index in [1.54, 1.807) is 18.2 Å². The summed E-state index contributed by atoms with van der Waals surface area (Å²) in [5.41, 5.74) is 0.741. The lowest BCUT2D eigenvalue weighted by Crippen LogP contribution is -2.50. The van der Waals surface area contributed by atoms with Crippen molar-refractivity contribution in [3.8, 4) is 11.5 Å². The molecule has 2 rings (SSSR count). The van der Waals surface area contributed by atoms with Crippen LogP contribution in [-0.4, -0.2) is 79.0 Å². The third-order valence-electron chi connectivity index (χ3n) is 4.18. The molecule has 1 aromatic carbocycles. The van der Waals surface area contributed by atoms with Crippen LogP contribution in [0.25, 0.3) is 6.08 Å². The molecular weight excluding hydrogens is 356 g/mol. The summed E-state index contributed by atoms with van der Waals surface area (Å²) in [7, 11) is 1.46. The zero-order chi connectivity index (χ0) is 19.6. The average molecular weight is 380 g/mol. The maximum Gasteiger partial charge on any atom is 0.294 e. The molecular formula is C17H24N4O6. The predicted molar refractivity (Wildman–Crippen MR) is 97.7 cm³/mol. The standard InChI is InChI=1S/C17H24N4O6/c1-26-16-12-14(2-4-15(16)22)3-5-17(23)18-13-20-8-6-19(7-9-20)10-11-27-21(24)25/h2-5,12,22H,6-11,13H2,1H3,(H,18,23). The van der Waals surface area contributed by atoms with Crippen LogP contribution in [0.4, 0.5) is 0 Å². The highest BCUT2D eigenvalue weighted by Gasteiger charge is 2.16. The first-order chi connectivity index (χ1) is 13.0. The van der Waals surface area contributed by atoms with E-state index in [1.165, 1.54) is 19.3 Å². The van der Waals surface area contributed by atoms with Gasteiger partial charge in [-0.3, -0.25) is 14.6 Å². The molecule has 0 radical (unpaired) electrons. The average Bonchev–Trinajstić information content (AvgIpc) is 2.66. The number of hydrogen-bond donors (Lipinski definition) is 2. The first-order valence-electron chi connectivity index (χ1n) is 8.53. The predicted octanol–water partition coefficient (Wildman–Crippen LogP) is 0.314. The number of phenolic OH excluding ortho intramolecular Hbond substituents is 1. The van der Waals surface area contributed by atoms with Gasteiger partial charge in [-0.25, -0.2) is 0 Å². The summed E-state index contributed by atoms with van der Waals surface area (Å²) in [6, 6.07) is 4.83. The molecule has 0 spiro atoms. The minimum atomic E-state index is -0.784. The van der Waals surface area contributed by atoms with Crippen LogP contribution in [0, 0.1) is 10.1 Å². The molecule has 10 heteroatoms. The Balaban J connectivity index is 1.68. The van der Waals surface area contributed by atoms with E-state index >= 15 is 0 Å². The Kier molecular flexibility index (Phi) is 7.83. The minimum Gasteiger partial charge on any atom is -0.504 e. The number of ether oxygens (including phenoxy) is 1. The van der Waals surface area contributed by atoms with Crippen LogP contribution in [-0.2, 0) is 9.63 Å². The van der Waals surface area contributed by atoms with Crippen LogP contribution in [0.3, 0.4) is 0 Å². The number of aromatic hydroxyl groups is 1. The Morgan fingerprint density at radius 2 is 2.04 bits per heavy atom. The van der Waals surface area contributed by atoms with E-state index in [9.17, 15) is 20.0 Å². The zero-order valence-corrected chi connectivity index (χ0v) is 15.2. The summed E-state index contributed by atoms with van der Waals surface area (Å²) in [6.07, 6.45) is 3.07. The molecule has 10 nitrogen and oxygen atoms in total. The SMILES string of the molecule is COc1cc(C=CC(=O)NCN2CCN(CCO[N+](=O)[O-])CC2)ccc1O. The van der Waals surface area contributed by atoms with Crippen LogP contribution in [0.15, 0.2) is 24.3 Å². The van der Waals surface area contributed by atoms with Crippen LogP contribution >= 0.6 is 0 Å². The highest BCUT2D eigenvalue weighted by atomic mass is 16.9. The fraction of sp³-hybridized carbons (Fsp3) is 0.471. The van der Waals surface area contributed by atoms with Gasteiger partial charge >= 0.3 is 0 Å². The Bertz CT molecular complexity index is 673. The van der Waals surface area contributed by atoms with Gasteiger partial charge in [-0.15, -0.1) is 10.1 Å². The number of piperazine rings is 1. The molecule has 1 saturated heterocycles. The van der Waals surface area contributed by atoms with Gasteiger partial charge in [0, 0.05) is 38.8 Å². The van der Waals surface area contributed by atoms with Gasteiger partial charge < -0.3 is 20.0 Å². The van der Waals surface area contributed by atoms with E-state index in [4.69, 9.17) is 4.74 Å². The van der Waals surface area contributed by atoms with E-state index in [0.29, 0.717) is 19.0 Å². The van der Waals surface area contributed by atoms with Crippen molar-refractivity contribution in [2.45, 2.75) is 0 Å². The molecule has 0 atom stereocenters. The van der Waals surface area contributed by atoms with Gasteiger partial charge in [0.1, 0.15) is 6.61 Å². The van der Waals surface area contributed by atoms with Gasteiger partial charge in [-0.05, 0) is 23.8 Å². The number of nitrogens with one attached hydrogen (secondary N) is 1. The topological polar surface area (TPSA) is 117 Å². The second kappa shape index (κ2) is 10.3. The number of nitrogens with zero attached hydrogens (tertiary/aromatic N) is 3. The molecule has 27 heavy (non-hydrogen) atoms. The summed E-state index contributed by atoms with van der Waals surface area (Å²) < 4.78 is 5.03. The number of carbonyl (C=O) groups excluding carboxylic acids is 1. The lowest BCUT2D eigenvalue weighted by atomic mass is 10.2. The number of carbonyl (C=O) groups is 1. The molecule has 1 fully saturated rings. The van der Waals surface area contributed by atoms with Crippen molar-refractivity contribution in [3.05, 3.63) is 40.0 Å². The summed E-state index contributed by atoms with van der Waals surface area (Å²) in [6.45, 7) is 4.06. The fourth-order valence-electron chi connectivity index (χ4n) is 2.63. The molecule has 2 N–H and O–H groups in total. The quantitative estimate of drug-likeness (QED) is 0.357. The van der Waals surface area contributed by atoms with Crippen molar-refractivity contribution in [1.29, 1.82) is 0 Å². The first-order valence-corrected chi connectivity index (χ1v) is 8.53. The molecule has 1 amide bonds. The zero-order valence-electron chi connectivity index (χ0n) is 15.2. The van der Waals surface area contributed by atoms with Crippen LogP contribution in [0.5, 0.6) is 11.5 Å². The van der Waals surface area contributed by atoms with Crippen molar-refractivity contribution < 1.29 is 24.6 Å². The molecule has 148 valence electrons. The van der Waals surface area contributed by atoms with Gasteiger partial charge in [-0.1, -0.05) is 6.07 Å². The Morgan fingerprint density at radius 3 is 2.70 bits per heavy atom. The Labute approximate surface area is 157 Å². The molecule has 0 unspecified atom stereocenters. The summed E-state index contributed by atoms with van der Waals surface area (Å²) in [5, 5.41) is 21.7. The van der Waals surface area contributed by atoms with Gasteiger partial charge in [0.25, 0.3) is 5.09 Å². The highest BCUT2D eigenvalue weighted by Crippen LogP contribution is 2.26. The van der Waals surface area contributed by atoms with Gasteiger partial charge in [-0.2, -0.15) is 0 Å². The molecule has 1 heterocycles. The molecule has 0 saturated carbocycles. The van der Waals surface area contributed by atoms with E-state index in [0.717, 1.165) is 31.7 Å². The van der Waals surface area contributed by atoms with E-state index < -0.39 is 5.09 Å². The van der Waals surface area contributed by atoms with Crippen LogP contribution < -0.4 is 10.1 Å². The number of amides is 1. The lowest BCUT2D eigenvalue weighted by molar-refractivity contribution is -0.757. The smallest absolute Gasteiger partial charge is 0.294 e. The summed E-state index contributed by atoms with van der Waals surface area (Å²) in [5.74, 6) is 0.172.